The van der Waals surface area contributed by atoms with E-state index in [0.717, 1.165) is 0 Å². The molecule has 0 unspecified atom stereocenters. The molecule has 0 aliphatic heterocycles. The van der Waals surface area contributed by atoms with E-state index in [4.69, 9.17) is 4.74 Å². The van der Waals surface area contributed by atoms with Crippen LogP contribution in [0, 0.1) is 10.8 Å². The van der Waals surface area contributed by atoms with E-state index in [1.165, 1.54) is 24.8 Å². The molecule has 0 radical (unpaired) electrons. The zero-order valence-electron chi connectivity index (χ0n) is 12.4. The first-order valence-electron chi connectivity index (χ1n) is 7.02. The summed E-state index contributed by atoms with van der Waals surface area (Å²) in [5.41, 5.74) is 2.15. The number of carbonyl (C=O) groups excluding carboxylic acids is 1. The topological polar surface area (TPSA) is 26.3 Å². The summed E-state index contributed by atoms with van der Waals surface area (Å²) in [6.07, 6.45) is 3.73. The minimum absolute atomic E-state index is 0.393. The molecule has 1 aliphatic rings. The standard InChI is InChI=1S/C17H24O2/c1-16(2)9-14(10-17(3,4)11-16)13-5-7-15(8-6-13)19-12-18/h5-8,12,14H,9-11H2,1-4H3. The quantitative estimate of drug-likeness (QED) is 0.746. The number of carbonyl (C=O) groups is 1. The van der Waals surface area contributed by atoms with Crippen molar-refractivity contribution in [3.8, 4) is 5.75 Å². The summed E-state index contributed by atoms with van der Waals surface area (Å²) in [7, 11) is 0. The van der Waals surface area contributed by atoms with Gasteiger partial charge in [-0.05, 0) is 53.7 Å². The summed E-state index contributed by atoms with van der Waals surface area (Å²) in [5.74, 6) is 1.22. The molecule has 1 aromatic rings. The van der Waals surface area contributed by atoms with Crippen molar-refractivity contribution in [2.45, 2.75) is 52.9 Å². The Morgan fingerprint density at radius 2 is 1.58 bits per heavy atom. The van der Waals surface area contributed by atoms with E-state index < -0.39 is 0 Å². The average molecular weight is 260 g/mol. The second kappa shape index (κ2) is 4.99. The van der Waals surface area contributed by atoms with Crippen molar-refractivity contribution in [3.63, 3.8) is 0 Å². The van der Waals surface area contributed by atoms with Gasteiger partial charge in [0.05, 0.1) is 0 Å². The summed E-state index contributed by atoms with van der Waals surface area (Å²) in [6, 6.07) is 7.97. The molecule has 0 saturated heterocycles. The Morgan fingerprint density at radius 3 is 2.05 bits per heavy atom. The van der Waals surface area contributed by atoms with Crippen LogP contribution in [0.4, 0.5) is 0 Å². The lowest BCUT2D eigenvalue weighted by Gasteiger charge is -2.45. The second-order valence-electron chi connectivity index (χ2n) is 7.39. The highest BCUT2D eigenvalue weighted by Crippen LogP contribution is 2.51. The average Bonchev–Trinajstić information content (AvgIpc) is 2.26. The van der Waals surface area contributed by atoms with Crippen LogP contribution in [0.5, 0.6) is 5.75 Å². The van der Waals surface area contributed by atoms with E-state index in [9.17, 15) is 4.79 Å². The number of ether oxygens (including phenoxy) is 1. The molecule has 0 atom stereocenters. The minimum Gasteiger partial charge on any atom is -0.429 e. The zero-order chi connectivity index (χ0) is 14.1. The summed E-state index contributed by atoms with van der Waals surface area (Å²) >= 11 is 0. The van der Waals surface area contributed by atoms with Gasteiger partial charge in [0.15, 0.2) is 0 Å². The Balaban J connectivity index is 2.18. The van der Waals surface area contributed by atoms with Crippen LogP contribution in [0.3, 0.4) is 0 Å². The van der Waals surface area contributed by atoms with Gasteiger partial charge < -0.3 is 4.74 Å². The summed E-state index contributed by atoms with van der Waals surface area (Å²) < 4.78 is 4.85. The SMILES string of the molecule is CC1(C)CC(c2ccc(OC=O)cc2)CC(C)(C)C1. The molecule has 1 saturated carbocycles. The van der Waals surface area contributed by atoms with Crippen molar-refractivity contribution >= 4 is 6.47 Å². The fourth-order valence-electron chi connectivity index (χ4n) is 3.96. The first kappa shape index (κ1) is 14.1. The van der Waals surface area contributed by atoms with Gasteiger partial charge in [-0.2, -0.15) is 0 Å². The molecule has 0 amide bonds. The van der Waals surface area contributed by atoms with Crippen LogP contribution in [-0.4, -0.2) is 6.47 Å². The Hall–Kier alpha value is -1.31. The third-order valence-corrected chi connectivity index (χ3v) is 4.09. The lowest BCUT2D eigenvalue weighted by Crippen LogP contribution is -2.32. The van der Waals surface area contributed by atoms with Crippen LogP contribution < -0.4 is 4.74 Å². The highest BCUT2D eigenvalue weighted by molar-refractivity contribution is 5.45. The fourth-order valence-corrected chi connectivity index (χ4v) is 3.96. The molecule has 0 N–H and O–H groups in total. The van der Waals surface area contributed by atoms with Gasteiger partial charge in [0, 0.05) is 0 Å². The minimum atomic E-state index is 0.393. The third kappa shape index (κ3) is 3.59. The van der Waals surface area contributed by atoms with Crippen molar-refractivity contribution < 1.29 is 9.53 Å². The van der Waals surface area contributed by atoms with E-state index in [2.05, 4.69) is 39.8 Å². The number of hydrogen-bond acceptors (Lipinski definition) is 2. The number of benzene rings is 1. The largest absolute Gasteiger partial charge is 0.429 e. The molecule has 19 heavy (non-hydrogen) atoms. The third-order valence-electron chi connectivity index (χ3n) is 4.09. The monoisotopic (exact) mass is 260 g/mol. The van der Waals surface area contributed by atoms with Crippen molar-refractivity contribution in [2.75, 3.05) is 0 Å². The van der Waals surface area contributed by atoms with Crippen molar-refractivity contribution in [1.82, 2.24) is 0 Å². The predicted molar refractivity (Wildman–Crippen MR) is 77.3 cm³/mol. The molecule has 2 rings (SSSR count). The van der Waals surface area contributed by atoms with Gasteiger partial charge in [0.25, 0.3) is 6.47 Å². The molecule has 0 spiro atoms. The van der Waals surface area contributed by atoms with E-state index >= 15 is 0 Å². The maximum absolute atomic E-state index is 10.3. The first-order chi connectivity index (χ1) is 8.81. The van der Waals surface area contributed by atoms with Crippen LogP contribution in [0.2, 0.25) is 0 Å². The Morgan fingerprint density at radius 1 is 1.05 bits per heavy atom. The molecule has 1 aliphatic carbocycles. The molecular weight excluding hydrogens is 236 g/mol. The number of hydrogen-bond donors (Lipinski definition) is 0. The summed E-state index contributed by atoms with van der Waals surface area (Å²) in [5, 5.41) is 0. The van der Waals surface area contributed by atoms with E-state index in [1.807, 2.05) is 12.1 Å². The summed E-state index contributed by atoms with van der Waals surface area (Å²) in [6.45, 7) is 9.94. The molecule has 0 heterocycles. The van der Waals surface area contributed by atoms with Gasteiger partial charge in [-0.3, -0.25) is 4.79 Å². The fraction of sp³-hybridized carbons (Fsp3) is 0.588. The van der Waals surface area contributed by atoms with Crippen LogP contribution in [0.25, 0.3) is 0 Å². The number of rotatable bonds is 3. The van der Waals surface area contributed by atoms with Gasteiger partial charge in [0.2, 0.25) is 0 Å². The normalized spacial score (nSPS) is 21.9. The van der Waals surface area contributed by atoms with Crippen LogP contribution in [-0.2, 0) is 4.79 Å². The predicted octanol–water partition coefficient (Wildman–Crippen LogP) is 4.54. The molecule has 2 nitrogen and oxygen atoms in total. The van der Waals surface area contributed by atoms with Crippen LogP contribution in [0.1, 0.15) is 58.4 Å². The highest BCUT2D eigenvalue weighted by Gasteiger charge is 2.38. The van der Waals surface area contributed by atoms with Crippen LogP contribution in [0.15, 0.2) is 24.3 Å². The molecule has 104 valence electrons. The Kier molecular flexibility index (Phi) is 3.71. The van der Waals surface area contributed by atoms with E-state index in [0.29, 0.717) is 29.0 Å². The zero-order valence-corrected chi connectivity index (χ0v) is 12.4. The van der Waals surface area contributed by atoms with Gasteiger partial charge in [-0.1, -0.05) is 39.8 Å². The van der Waals surface area contributed by atoms with Gasteiger partial charge in [-0.25, -0.2) is 0 Å². The Bertz CT molecular complexity index is 427. The van der Waals surface area contributed by atoms with Crippen molar-refractivity contribution in [1.29, 1.82) is 0 Å². The molecule has 2 heteroatoms. The first-order valence-corrected chi connectivity index (χ1v) is 7.02. The molecule has 0 aromatic heterocycles. The smallest absolute Gasteiger partial charge is 0.298 e. The second-order valence-corrected chi connectivity index (χ2v) is 7.39. The molecular formula is C17H24O2. The molecule has 0 bridgehead atoms. The van der Waals surface area contributed by atoms with Crippen molar-refractivity contribution in [2.24, 2.45) is 10.8 Å². The summed E-state index contributed by atoms with van der Waals surface area (Å²) in [4.78, 5) is 10.3. The lowest BCUT2D eigenvalue weighted by molar-refractivity contribution is -0.120. The van der Waals surface area contributed by atoms with Crippen molar-refractivity contribution in [3.05, 3.63) is 29.8 Å². The van der Waals surface area contributed by atoms with E-state index in [1.54, 1.807) is 0 Å². The Labute approximate surface area is 116 Å². The van der Waals surface area contributed by atoms with Crippen LogP contribution >= 0.6 is 0 Å². The molecule has 1 aromatic carbocycles. The van der Waals surface area contributed by atoms with E-state index in [-0.39, 0.29) is 0 Å². The van der Waals surface area contributed by atoms with Gasteiger partial charge in [0.1, 0.15) is 5.75 Å². The maximum Gasteiger partial charge on any atom is 0.298 e. The molecule has 1 fully saturated rings. The van der Waals surface area contributed by atoms with Gasteiger partial charge in [-0.15, -0.1) is 0 Å². The highest BCUT2D eigenvalue weighted by atomic mass is 16.5. The maximum atomic E-state index is 10.3. The van der Waals surface area contributed by atoms with Gasteiger partial charge >= 0.3 is 0 Å². The lowest BCUT2D eigenvalue weighted by atomic mass is 9.60.